The fourth-order valence-corrected chi connectivity index (χ4v) is 5.56. The average molecular weight is 521 g/mol. The first-order valence-corrected chi connectivity index (χ1v) is 12.2. The van der Waals surface area contributed by atoms with E-state index in [9.17, 15) is 14.7 Å². The van der Waals surface area contributed by atoms with E-state index in [4.69, 9.17) is 21.1 Å². The first kappa shape index (κ1) is 23.8. The number of benzene rings is 3. The number of aliphatic hydroxyl groups excluding tert-OH is 1. The van der Waals surface area contributed by atoms with Gasteiger partial charge in [0.05, 0.1) is 41.1 Å². The van der Waals surface area contributed by atoms with Gasteiger partial charge in [-0.2, -0.15) is 0 Å². The van der Waals surface area contributed by atoms with E-state index in [2.05, 4.69) is 4.98 Å². The fourth-order valence-electron chi connectivity index (χ4n) is 4.28. The number of anilines is 1. The second-order valence-corrected chi connectivity index (χ2v) is 9.68. The Morgan fingerprint density at radius 3 is 2.56 bits per heavy atom. The molecule has 1 unspecified atom stereocenters. The van der Waals surface area contributed by atoms with Gasteiger partial charge >= 0.3 is 5.91 Å². The van der Waals surface area contributed by atoms with E-state index in [-0.39, 0.29) is 16.4 Å². The molecule has 0 bridgehead atoms. The van der Waals surface area contributed by atoms with Gasteiger partial charge in [0.1, 0.15) is 17.3 Å². The van der Waals surface area contributed by atoms with Crippen molar-refractivity contribution < 1.29 is 24.2 Å². The van der Waals surface area contributed by atoms with Crippen molar-refractivity contribution in [1.29, 1.82) is 0 Å². The number of rotatable bonds is 5. The zero-order valence-electron chi connectivity index (χ0n) is 19.6. The fraction of sp³-hybridized carbons (Fsp3) is 0.148. The van der Waals surface area contributed by atoms with E-state index < -0.39 is 17.7 Å². The minimum Gasteiger partial charge on any atom is -0.507 e. The van der Waals surface area contributed by atoms with Crippen LogP contribution in [0.15, 0.2) is 66.2 Å². The minimum atomic E-state index is -0.881. The number of halogens is 1. The SMILES string of the molecule is COc1ccc2nc(N3C(=O)C(=O)/C(=C(/O)c4ccc(OC)c(Cl)c4)C3c3cccc(C)c3)sc2c1. The van der Waals surface area contributed by atoms with Crippen molar-refractivity contribution in [1.82, 2.24) is 4.98 Å². The van der Waals surface area contributed by atoms with Crippen molar-refractivity contribution in [3.63, 3.8) is 0 Å². The molecule has 4 aromatic rings. The molecule has 1 fully saturated rings. The van der Waals surface area contributed by atoms with Gasteiger partial charge in [0.15, 0.2) is 5.13 Å². The molecule has 1 atom stereocenters. The molecule has 1 amide bonds. The van der Waals surface area contributed by atoms with Crippen LogP contribution >= 0.6 is 22.9 Å². The molecule has 1 aromatic heterocycles. The Hall–Kier alpha value is -3.88. The first-order chi connectivity index (χ1) is 17.3. The number of hydrogen-bond donors (Lipinski definition) is 1. The number of methoxy groups -OCH3 is 2. The number of ketones is 1. The normalized spacial score (nSPS) is 17.1. The van der Waals surface area contributed by atoms with Crippen molar-refractivity contribution >= 4 is 55.7 Å². The molecule has 3 aromatic carbocycles. The van der Waals surface area contributed by atoms with Crippen molar-refractivity contribution in [2.45, 2.75) is 13.0 Å². The number of carbonyl (C=O) groups excluding carboxylic acids is 2. The number of Topliss-reactive ketones (excluding diaryl/α,β-unsaturated/α-hetero) is 1. The van der Waals surface area contributed by atoms with Crippen LogP contribution in [0, 0.1) is 6.92 Å². The third kappa shape index (κ3) is 3.98. The molecule has 0 aliphatic carbocycles. The summed E-state index contributed by atoms with van der Waals surface area (Å²) in [7, 11) is 3.06. The van der Waals surface area contributed by atoms with Crippen LogP contribution < -0.4 is 14.4 Å². The summed E-state index contributed by atoms with van der Waals surface area (Å²) in [5.41, 5.74) is 2.54. The third-order valence-corrected chi connectivity index (χ3v) is 7.33. The summed E-state index contributed by atoms with van der Waals surface area (Å²) in [6, 6.07) is 16.7. The molecule has 0 radical (unpaired) electrons. The molecule has 1 aliphatic heterocycles. The smallest absolute Gasteiger partial charge is 0.301 e. The lowest BCUT2D eigenvalue weighted by Crippen LogP contribution is -2.29. The first-order valence-electron chi connectivity index (χ1n) is 11.0. The Kier molecular flexibility index (Phi) is 6.15. The molecule has 1 aliphatic rings. The van der Waals surface area contributed by atoms with Crippen LogP contribution in [0.5, 0.6) is 11.5 Å². The number of amides is 1. The number of aliphatic hydroxyl groups is 1. The predicted octanol–water partition coefficient (Wildman–Crippen LogP) is 5.90. The molecule has 36 heavy (non-hydrogen) atoms. The van der Waals surface area contributed by atoms with Crippen LogP contribution in [0.2, 0.25) is 5.02 Å². The lowest BCUT2D eigenvalue weighted by atomic mass is 9.94. The molecular formula is C27H21ClN2O5S. The van der Waals surface area contributed by atoms with E-state index in [1.807, 2.05) is 37.3 Å². The topological polar surface area (TPSA) is 89.0 Å². The summed E-state index contributed by atoms with van der Waals surface area (Å²) < 4.78 is 11.3. The molecule has 2 heterocycles. The highest BCUT2D eigenvalue weighted by Gasteiger charge is 2.48. The number of thiazole rings is 1. The number of aromatic nitrogens is 1. The summed E-state index contributed by atoms with van der Waals surface area (Å²) in [4.78, 5) is 32.8. The Bertz CT molecular complexity index is 1560. The maximum Gasteiger partial charge on any atom is 0.301 e. The summed E-state index contributed by atoms with van der Waals surface area (Å²) >= 11 is 7.54. The molecule has 1 N–H and O–H groups in total. The van der Waals surface area contributed by atoms with Crippen LogP contribution in [-0.2, 0) is 9.59 Å². The van der Waals surface area contributed by atoms with E-state index >= 15 is 0 Å². The van der Waals surface area contributed by atoms with Gasteiger partial charge in [-0.3, -0.25) is 14.5 Å². The molecule has 1 saturated heterocycles. The molecule has 0 saturated carbocycles. The molecule has 7 nitrogen and oxygen atoms in total. The summed E-state index contributed by atoms with van der Waals surface area (Å²) in [6.45, 7) is 1.92. The lowest BCUT2D eigenvalue weighted by Gasteiger charge is -2.23. The second-order valence-electron chi connectivity index (χ2n) is 8.26. The van der Waals surface area contributed by atoms with E-state index in [1.54, 1.807) is 31.4 Å². The van der Waals surface area contributed by atoms with E-state index in [0.29, 0.717) is 33.3 Å². The zero-order chi connectivity index (χ0) is 25.6. The quantitative estimate of drug-likeness (QED) is 0.200. The highest BCUT2D eigenvalue weighted by atomic mass is 35.5. The van der Waals surface area contributed by atoms with Gasteiger partial charge in [0, 0.05) is 5.56 Å². The molecular weight excluding hydrogens is 500 g/mol. The molecule has 182 valence electrons. The van der Waals surface area contributed by atoms with Gasteiger partial charge in [-0.05, 0) is 48.9 Å². The summed E-state index contributed by atoms with van der Waals surface area (Å²) in [5, 5.41) is 11.9. The lowest BCUT2D eigenvalue weighted by molar-refractivity contribution is -0.132. The number of nitrogens with zero attached hydrogens (tertiary/aromatic N) is 2. The molecule has 5 rings (SSSR count). The monoisotopic (exact) mass is 520 g/mol. The maximum atomic E-state index is 13.4. The minimum absolute atomic E-state index is 0.0383. The summed E-state index contributed by atoms with van der Waals surface area (Å²) in [5.74, 6) is -0.814. The van der Waals surface area contributed by atoms with Gasteiger partial charge in [-0.25, -0.2) is 4.98 Å². The van der Waals surface area contributed by atoms with Gasteiger partial charge < -0.3 is 14.6 Å². The highest BCUT2D eigenvalue weighted by molar-refractivity contribution is 7.22. The van der Waals surface area contributed by atoms with E-state index in [1.165, 1.54) is 29.4 Å². The Morgan fingerprint density at radius 2 is 1.86 bits per heavy atom. The van der Waals surface area contributed by atoms with Crippen molar-refractivity contribution in [3.8, 4) is 11.5 Å². The highest BCUT2D eigenvalue weighted by Crippen LogP contribution is 2.45. The van der Waals surface area contributed by atoms with Crippen LogP contribution in [0.25, 0.3) is 16.0 Å². The van der Waals surface area contributed by atoms with Gasteiger partial charge in [0.2, 0.25) is 0 Å². The van der Waals surface area contributed by atoms with Gasteiger partial charge in [0.25, 0.3) is 5.78 Å². The van der Waals surface area contributed by atoms with Crippen LogP contribution in [0.4, 0.5) is 5.13 Å². The number of carbonyl (C=O) groups is 2. The molecule has 0 spiro atoms. The van der Waals surface area contributed by atoms with Crippen LogP contribution in [-0.4, -0.2) is 36.0 Å². The van der Waals surface area contributed by atoms with Crippen molar-refractivity contribution in [3.05, 3.63) is 87.9 Å². The summed E-state index contributed by atoms with van der Waals surface area (Å²) in [6.07, 6.45) is 0. The standard InChI is InChI=1S/C27H21ClN2O5S/c1-14-5-4-6-15(11-14)23-22(24(31)16-7-10-20(35-3)18(28)12-16)25(32)26(33)30(23)27-29-19-9-8-17(34-2)13-21(19)36-27/h4-13,23,31H,1-3H3/b24-22+. The number of fused-ring (bicyclic) bond motifs is 1. The Labute approximate surface area is 216 Å². The average Bonchev–Trinajstić information content (AvgIpc) is 3.41. The second kappa shape index (κ2) is 9.29. The predicted molar refractivity (Wildman–Crippen MR) is 140 cm³/mol. The number of aryl methyl sites for hydroxylation is 1. The molecule has 9 heteroatoms. The van der Waals surface area contributed by atoms with Crippen molar-refractivity contribution in [2.24, 2.45) is 0 Å². The van der Waals surface area contributed by atoms with E-state index in [0.717, 1.165) is 10.3 Å². The number of ether oxygens (including phenoxy) is 2. The Balaban J connectivity index is 1.72. The zero-order valence-corrected chi connectivity index (χ0v) is 21.2. The third-order valence-electron chi connectivity index (χ3n) is 6.02. The van der Waals surface area contributed by atoms with Crippen LogP contribution in [0.3, 0.4) is 0 Å². The van der Waals surface area contributed by atoms with Crippen LogP contribution in [0.1, 0.15) is 22.7 Å². The largest absolute Gasteiger partial charge is 0.507 e. The number of hydrogen-bond acceptors (Lipinski definition) is 7. The van der Waals surface area contributed by atoms with Gasteiger partial charge in [-0.1, -0.05) is 52.8 Å². The van der Waals surface area contributed by atoms with Crippen molar-refractivity contribution in [2.75, 3.05) is 19.1 Å². The van der Waals surface area contributed by atoms with Gasteiger partial charge in [-0.15, -0.1) is 0 Å². The Morgan fingerprint density at radius 1 is 1.06 bits per heavy atom. The maximum absolute atomic E-state index is 13.4.